The molecule has 1 rings (SSSR count). The van der Waals surface area contributed by atoms with Crippen LogP contribution in [0.15, 0.2) is 35.2 Å². The minimum atomic E-state index is 0.778. The number of rotatable bonds is 3. The fraction of sp³-hybridized carbons (Fsp3) is 0.400. The van der Waals surface area contributed by atoms with Crippen LogP contribution in [0.25, 0.3) is 0 Å². The van der Waals surface area contributed by atoms with Crippen LogP contribution in [0.3, 0.4) is 0 Å². The van der Waals surface area contributed by atoms with Gasteiger partial charge in [-0.1, -0.05) is 32.0 Å². The summed E-state index contributed by atoms with van der Waals surface area (Å²) in [5.74, 6) is 1.99. The van der Waals surface area contributed by atoms with E-state index in [1.165, 1.54) is 10.6 Å². The summed E-state index contributed by atoms with van der Waals surface area (Å²) < 4.78 is 0. The average Bonchev–Trinajstić information content (AvgIpc) is 2.03. The summed E-state index contributed by atoms with van der Waals surface area (Å²) in [5.41, 5.74) is 0. The molecule has 0 nitrogen and oxygen atoms in total. The van der Waals surface area contributed by atoms with Crippen molar-refractivity contribution in [2.45, 2.75) is 18.7 Å². The Bertz CT molecular complexity index is 191. The minimum Gasteiger partial charge on any atom is -0.126 e. The van der Waals surface area contributed by atoms with Crippen LogP contribution in [0.1, 0.15) is 13.8 Å². The molecule has 11 heavy (non-hydrogen) atoms. The first-order valence-electron chi connectivity index (χ1n) is 3.97. The molecule has 0 N–H and O–H groups in total. The van der Waals surface area contributed by atoms with Crippen LogP contribution in [0, 0.1) is 5.92 Å². The maximum atomic E-state index is 2.25. The SMILES string of the molecule is CC(C)CSc1ccccc1. The van der Waals surface area contributed by atoms with Gasteiger partial charge in [-0.2, -0.15) is 0 Å². The Kier molecular flexibility index (Phi) is 3.50. The van der Waals surface area contributed by atoms with Crippen molar-refractivity contribution in [2.24, 2.45) is 5.92 Å². The van der Waals surface area contributed by atoms with E-state index >= 15 is 0 Å². The molecule has 0 aliphatic rings. The van der Waals surface area contributed by atoms with Crippen molar-refractivity contribution in [3.63, 3.8) is 0 Å². The van der Waals surface area contributed by atoms with Gasteiger partial charge < -0.3 is 0 Å². The van der Waals surface area contributed by atoms with E-state index in [-0.39, 0.29) is 0 Å². The Hall–Kier alpha value is -0.430. The Morgan fingerprint density at radius 1 is 1.18 bits per heavy atom. The van der Waals surface area contributed by atoms with E-state index in [9.17, 15) is 0 Å². The molecule has 0 aromatic heterocycles. The topological polar surface area (TPSA) is 0 Å². The van der Waals surface area contributed by atoms with Crippen LogP contribution in [-0.2, 0) is 0 Å². The molecule has 0 radical (unpaired) electrons. The molecule has 60 valence electrons. The number of hydrogen-bond donors (Lipinski definition) is 0. The van der Waals surface area contributed by atoms with E-state index in [4.69, 9.17) is 0 Å². The highest BCUT2D eigenvalue weighted by molar-refractivity contribution is 7.99. The molecule has 0 spiro atoms. The smallest absolute Gasteiger partial charge is 0.00720 e. The van der Waals surface area contributed by atoms with Crippen LogP contribution in [-0.4, -0.2) is 5.75 Å². The molecule has 0 atom stereocenters. The van der Waals surface area contributed by atoms with Crippen LogP contribution >= 0.6 is 11.8 Å². The lowest BCUT2D eigenvalue weighted by atomic mass is 10.3. The molecular formula is C10H14S. The molecule has 1 aromatic carbocycles. The van der Waals surface area contributed by atoms with E-state index in [1.54, 1.807) is 0 Å². The van der Waals surface area contributed by atoms with Gasteiger partial charge in [0.25, 0.3) is 0 Å². The van der Waals surface area contributed by atoms with Crippen molar-refractivity contribution in [3.05, 3.63) is 30.3 Å². The predicted octanol–water partition coefficient (Wildman–Crippen LogP) is 3.43. The monoisotopic (exact) mass is 166 g/mol. The summed E-state index contributed by atoms with van der Waals surface area (Å²) in [7, 11) is 0. The molecule has 1 aromatic rings. The number of benzene rings is 1. The van der Waals surface area contributed by atoms with Gasteiger partial charge in [-0.25, -0.2) is 0 Å². The third-order valence-corrected chi connectivity index (χ3v) is 2.77. The second kappa shape index (κ2) is 4.45. The zero-order valence-corrected chi connectivity index (χ0v) is 7.90. The minimum absolute atomic E-state index is 0.778. The Morgan fingerprint density at radius 2 is 1.82 bits per heavy atom. The second-order valence-electron chi connectivity index (χ2n) is 3.02. The molecule has 0 heterocycles. The van der Waals surface area contributed by atoms with E-state index in [0.29, 0.717) is 0 Å². The van der Waals surface area contributed by atoms with Gasteiger partial charge in [0.1, 0.15) is 0 Å². The molecule has 0 aliphatic heterocycles. The van der Waals surface area contributed by atoms with Crippen molar-refractivity contribution in [3.8, 4) is 0 Å². The summed E-state index contributed by atoms with van der Waals surface area (Å²) in [6.45, 7) is 4.49. The molecule has 0 aliphatic carbocycles. The lowest BCUT2D eigenvalue weighted by Gasteiger charge is -2.02. The first-order valence-corrected chi connectivity index (χ1v) is 4.95. The molecule has 1 heteroatoms. The quantitative estimate of drug-likeness (QED) is 0.620. The Balaban J connectivity index is 2.39. The van der Waals surface area contributed by atoms with E-state index in [0.717, 1.165) is 5.92 Å². The lowest BCUT2D eigenvalue weighted by molar-refractivity contribution is 0.750. The van der Waals surface area contributed by atoms with Gasteiger partial charge in [0.15, 0.2) is 0 Å². The highest BCUT2D eigenvalue weighted by Crippen LogP contribution is 2.19. The largest absolute Gasteiger partial charge is 0.126 e. The van der Waals surface area contributed by atoms with Crippen LogP contribution < -0.4 is 0 Å². The molecular weight excluding hydrogens is 152 g/mol. The lowest BCUT2D eigenvalue weighted by Crippen LogP contribution is -1.89. The van der Waals surface area contributed by atoms with Crippen molar-refractivity contribution in [2.75, 3.05) is 5.75 Å². The number of hydrogen-bond acceptors (Lipinski definition) is 1. The van der Waals surface area contributed by atoms with Gasteiger partial charge in [0.05, 0.1) is 0 Å². The normalized spacial score (nSPS) is 10.5. The molecule has 0 fully saturated rings. The van der Waals surface area contributed by atoms with Crippen molar-refractivity contribution in [1.29, 1.82) is 0 Å². The summed E-state index contributed by atoms with van der Waals surface area (Å²) in [5, 5.41) is 0. The molecule has 0 unspecified atom stereocenters. The van der Waals surface area contributed by atoms with Gasteiger partial charge in [0.2, 0.25) is 0 Å². The van der Waals surface area contributed by atoms with Gasteiger partial charge in [-0.15, -0.1) is 11.8 Å². The van der Waals surface area contributed by atoms with Crippen LogP contribution in [0.2, 0.25) is 0 Å². The van der Waals surface area contributed by atoms with Crippen molar-refractivity contribution < 1.29 is 0 Å². The fourth-order valence-electron chi connectivity index (χ4n) is 0.780. The third-order valence-electron chi connectivity index (χ3n) is 1.33. The molecule has 0 bridgehead atoms. The van der Waals surface area contributed by atoms with Gasteiger partial charge in [0, 0.05) is 10.6 Å². The van der Waals surface area contributed by atoms with Gasteiger partial charge in [-0.3, -0.25) is 0 Å². The first kappa shape index (κ1) is 8.66. The molecule has 0 amide bonds. The Labute approximate surface area is 73.0 Å². The van der Waals surface area contributed by atoms with Crippen LogP contribution in [0.4, 0.5) is 0 Å². The second-order valence-corrected chi connectivity index (χ2v) is 4.11. The summed E-state index contributed by atoms with van der Waals surface area (Å²) in [6.07, 6.45) is 0. The first-order chi connectivity index (χ1) is 5.29. The highest BCUT2D eigenvalue weighted by atomic mass is 32.2. The molecule has 0 saturated heterocycles. The fourth-order valence-corrected chi connectivity index (χ4v) is 1.65. The third kappa shape index (κ3) is 3.47. The molecule has 0 saturated carbocycles. The van der Waals surface area contributed by atoms with Gasteiger partial charge >= 0.3 is 0 Å². The van der Waals surface area contributed by atoms with E-state index in [2.05, 4.69) is 44.2 Å². The average molecular weight is 166 g/mol. The van der Waals surface area contributed by atoms with Crippen molar-refractivity contribution >= 4 is 11.8 Å². The van der Waals surface area contributed by atoms with Crippen LogP contribution in [0.5, 0.6) is 0 Å². The highest BCUT2D eigenvalue weighted by Gasteiger charge is 1.94. The standard InChI is InChI=1S/C10H14S/c1-9(2)8-11-10-6-4-3-5-7-10/h3-7,9H,8H2,1-2H3. The summed E-state index contributed by atoms with van der Waals surface area (Å²) >= 11 is 1.93. The zero-order valence-electron chi connectivity index (χ0n) is 7.08. The zero-order chi connectivity index (χ0) is 8.10. The van der Waals surface area contributed by atoms with E-state index in [1.807, 2.05) is 11.8 Å². The maximum Gasteiger partial charge on any atom is 0.00720 e. The van der Waals surface area contributed by atoms with Crippen molar-refractivity contribution in [1.82, 2.24) is 0 Å². The number of thioether (sulfide) groups is 1. The van der Waals surface area contributed by atoms with E-state index < -0.39 is 0 Å². The predicted molar refractivity (Wildman–Crippen MR) is 52.0 cm³/mol. The summed E-state index contributed by atoms with van der Waals surface area (Å²) in [6, 6.07) is 10.5. The maximum absolute atomic E-state index is 2.25. The Morgan fingerprint density at radius 3 is 2.36 bits per heavy atom. The summed E-state index contributed by atoms with van der Waals surface area (Å²) in [4.78, 5) is 1.38. The van der Waals surface area contributed by atoms with Gasteiger partial charge in [-0.05, 0) is 18.1 Å².